The molecule has 4 rings (SSSR count). The fourth-order valence-electron chi connectivity index (χ4n) is 4.59. The van der Waals surface area contributed by atoms with Gasteiger partial charge in [0.05, 0.1) is 29.1 Å². The Hall–Kier alpha value is -2.75. The van der Waals surface area contributed by atoms with Crippen LogP contribution in [0.25, 0.3) is 10.2 Å². The molecule has 0 bridgehead atoms. The molecule has 0 aliphatic carbocycles. The van der Waals surface area contributed by atoms with Crippen molar-refractivity contribution >= 4 is 39.3 Å². The van der Waals surface area contributed by atoms with E-state index in [1.54, 1.807) is 23.6 Å². The maximum absolute atomic E-state index is 13.2. The molecule has 178 valence electrons. The summed E-state index contributed by atoms with van der Waals surface area (Å²) in [5.74, 6) is -0.602. The van der Waals surface area contributed by atoms with E-state index in [1.807, 2.05) is 0 Å². The minimum atomic E-state index is -0.292. The van der Waals surface area contributed by atoms with E-state index in [0.717, 1.165) is 32.4 Å². The highest BCUT2D eigenvalue weighted by Crippen LogP contribution is 2.29. The summed E-state index contributed by atoms with van der Waals surface area (Å²) in [5.41, 5.74) is 0.309. The highest BCUT2D eigenvalue weighted by Gasteiger charge is 2.31. The van der Waals surface area contributed by atoms with Crippen LogP contribution in [0.3, 0.4) is 0 Å². The molecule has 0 saturated carbocycles. The van der Waals surface area contributed by atoms with Crippen LogP contribution in [0.4, 0.5) is 0 Å². The zero-order chi connectivity index (χ0) is 23.5. The van der Waals surface area contributed by atoms with Crippen LogP contribution in [-0.4, -0.2) is 69.9 Å². The molecule has 0 spiro atoms. The highest BCUT2D eigenvalue weighted by atomic mass is 32.1. The number of nitrogens with zero attached hydrogens (tertiary/aromatic N) is 4. The van der Waals surface area contributed by atoms with Crippen LogP contribution in [0.5, 0.6) is 0 Å². The molecule has 2 aliphatic heterocycles. The molecular weight excluding hydrogens is 444 g/mol. The lowest BCUT2D eigenvalue weighted by molar-refractivity contribution is -0.149. The van der Waals surface area contributed by atoms with Gasteiger partial charge < -0.3 is 14.5 Å². The zero-order valence-electron chi connectivity index (χ0n) is 19.2. The average Bonchev–Trinajstić information content (AvgIpc) is 3.18. The Bertz CT molecular complexity index is 1110. The molecule has 2 saturated heterocycles. The minimum absolute atomic E-state index is 0.0400. The zero-order valence-corrected chi connectivity index (χ0v) is 20.0. The number of fused-ring (bicyclic) bond motifs is 1. The number of amides is 2. The van der Waals surface area contributed by atoms with E-state index in [0.29, 0.717) is 53.2 Å². The molecule has 0 N–H and O–H groups in total. The predicted octanol–water partition coefficient (Wildman–Crippen LogP) is 2.19. The molecule has 0 radical (unpaired) electrons. The number of aryl methyl sites for hydroxylation is 1. The molecule has 0 unspecified atom stereocenters. The summed E-state index contributed by atoms with van der Waals surface area (Å²) >= 11 is 1.21. The fraction of sp³-hybridized carbons (Fsp3) is 0.609. The number of carbonyl (C=O) groups is 3. The number of hydrogen-bond donors (Lipinski definition) is 0. The Morgan fingerprint density at radius 3 is 2.45 bits per heavy atom. The maximum Gasteiger partial charge on any atom is 0.309 e. The molecule has 33 heavy (non-hydrogen) atoms. The second kappa shape index (κ2) is 10.0. The van der Waals surface area contributed by atoms with E-state index in [-0.39, 0.29) is 35.8 Å². The number of aromatic nitrogens is 2. The van der Waals surface area contributed by atoms with Crippen LogP contribution in [0, 0.1) is 12.8 Å². The van der Waals surface area contributed by atoms with E-state index >= 15 is 0 Å². The summed E-state index contributed by atoms with van der Waals surface area (Å²) in [5, 5.41) is 0.402. The Kier molecular flexibility index (Phi) is 7.11. The van der Waals surface area contributed by atoms with Crippen molar-refractivity contribution < 1.29 is 19.1 Å². The highest BCUT2D eigenvalue weighted by molar-refractivity contribution is 7.20. The Labute approximate surface area is 196 Å². The van der Waals surface area contributed by atoms with Crippen molar-refractivity contribution in [3.63, 3.8) is 0 Å². The van der Waals surface area contributed by atoms with Gasteiger partial charge in [0.1, 0.15) is 11.4 Å². The van der Waals surface area contributed by atoms with Crippen molar-refractivity contribution in [2.45, 2.75) is 52.5 Å². The van der Waals surface area contributed by atoms with E-state index in [4.69, 9.17) is 4.74 Å². The standard InChI is InChI=1S/C23H30N4O5S/c1-3-32-23(31)16-7-11-26(12-8-16)22(30)19-15(2)18-20(33-19)24-14-27(21(18)29)13-17(28)25-9-5-4-6-10-25/h14,16H,3-13H2,1-2H3. The molecule has 10 heteroatoms. The van der Waals surface area contributed by atoms with Gasteiger partial charge in [-0.3, -0.25) is 23.7 Å². The van der Waals surface area contributed by atoms with Crippen molar-refractivity contribution in [1.29, 1.82) is 0 Å². The van der Waals surface area contributed by atoms with Gasteiger partial charge in [0.25, 0.3) is 11.5 Å². The first-order chi connectivity index (χ1) is 15.9. The second-order valence-electron chi connectivity index (χ2n) is 8.67. The van der Waals surface area contributed by atoms with Gasteiger partial charge in [-0.25, -0.2) is 4.98 Å². The first-order valence-electron chi connectivity index (χ1n) is 11.6. The molecule has 2 aliphatic rings. The third kappa shape index (κ3) is 4.80. The van der Waals surface area contributed by atoms with Gasteiger partial charge in [-0.15, -0.1) is 11.3 Å². The van der Waals surface area contributed by atoms with Crippen LogP contribution < -0.4 is 5.56 Å². The van der Waals surface area contributed by atoms with Gasteiger partial charge in [-0.1, -0.05) is 0 Å². The van der Waals surface area contributed by atoms with Crippen molar-refractivity contribution in [2.75, 3.05) is 32.8 Å². The minimum Gasteiger partial charge on any atom is -0.466 e. The van der Waals surface area contributed by atoms with E-state index in [1.165, 1.54) is 22.2 Å². The first-order valence-corrected chi connectivity index (χ1v) is 12.4. The molecular formula is C23H30N4O5S. The number of ether oxygens (including phenoxy) is 1. The smallest absolute Gasteiger partial charge is 0.309 e. The van der Waals surface area contributed by atoms with Crippen molar-refractivity contribution in [3.05, 3.63) is 27.1 Å². The lowest BCUT2D eigenvalue weighted by Gasteiger charge is -2.30. The van der Waals surface area contributed by atoms with Gasteiger partial charge >= 0.3 is 5.97 Å². The summed E-state index contributed by atoms with van der Waals surface area (Å²) < 4.78 is 6.44. The molecule has 2 fully saturated rings. The third-order valence-corrected chi connectivity index (χ3v) is 7.72. The van der Waals surface area contributed by atoms with Crippen molar-refractivity contribution in [2.24, 2.45) is 5.92 Å². The summed E-state index contributed by atoms with van der Waals surface area (Å²) in [6.45, 7) is 6.26. The topological polar surface area (TPSA) is 102 Å². The molecule has 0 atom stereocenters. The molecule has 4 heterocycles. The summed E-state index contributed by atoms with van der Waals surface area (Å²) in [6.07, 6.45) is 5.65. The quantitative estimate of drug-likeness (QED) is 0.616. The number of carbonyl (C=O) groups excluding carboxylic acids is 3. The summed E-state index contributed by atoms with van der Waals surface area (Å²) in [4.78, 5) is 59.8. The molecule has 0 aromatic carbocycles. The molecule has 9 nitrogen and oxygen atoms in total. The number of piperidine rings is 2. The maximum atomic E-state index is 13.2. The lowest BCUT2D eigenvalue weighted by atomic mass is 9.97. The Balaban J connectivity index is 1.50. The Morgan fingerprint density at radius 1 is 1.09 bits per heavy atom. The van der Waals surface area contributed by atoms with Crippen LogP contribution in [0.1, 0.15) is 54.3 Å². The Morgan fingerprint density at radius 2 is 1.79 bits per heavy atom. The molecule has 2 amide bonds. The average molecular weight is 475 g/mol. The predicted molar refractivity (Wildman–Crippen MR) is 124 cm³/mol. The molecule has 2 aromatic rings. The van der Waals surface area contributed by atoms with E-state index in [9.17, 15) is 19.2 Å². The van der Waals surface area contributed by atoms with E-state index < -0.39 is 0 Å². The van der Waals surface area contributed by atoms with Gasteiger partial charge in [-0.2, -0.15) is 0 Å². The monoisotopic (exact) mass is 474 g/mol. The largest absolute Gasteiger partial charge is 0.466 e. The fourth-order valence-corrected chi connectivity index (χ4v) is 5.69. The van der Waals surface area contributed by atoms with Crippen LogP contribution >= 0.6 is 11.3 Å². The second-order valence-corrected chi connectivity index (χ2v) is 9.67. The van der Waals surface area contributed by atoms with Crippen molar-refractivity contribution in [3.8, 4) is 0 Å². The molecule has 2 aromatic heterocycles. The number of thiophene rings is 1. The van der Waals surface area contributed by atoms with E-state index in [2.05, 4.69) is 4.98 Å². The van der Waals surface area contributed by atoms with Crippen LogP contribution in [0.15, 0.2) is 11.1 Å². The van der Waals surface area contributed by atoms with Gasteiger partial charge in [0.15, 0.2) is 0 Å². The van der Waals surface area contributed by atoms with Crippen LogP contribution in [-0.2, 0) is 20.9 Å². The summed E-state index contributed by atoms with van der Waals surface area (Å²) in [6, 6.07) is 0. The first kappa shape index (κ1) is 23.4. The normalized spacial score (nSPS) is 17.4. The van der Waals surface area contributed by atoms with Gasteiger partial charge in [0.2, 0.25) is 5.91 Å². The van der Waals surface area contributed by atoms with Crippen molar-refractivity contribution in [1.82, 2.24) is 19.4 Å². The number of hydrogen-bond acceptors (Lipinski definition) is 7. The van der Waals surface area contributed by atoms with Crippen LogP contribution in [0.2, 0.25) is 0 Å². The number of rotatable bonds is 5. The summed E-state index contributed by atoms with van der Waals surface area (Å²) in [7, 11) is 0. The third-order valence-electron chi connectivity index (χ3n) is 6.53. The lowest BCUT2D eigenvalue weighted by Crippen LogP contribution is -2.40. The number of likely N-dealkylation sites (tertiary alicyclic amines) is 2. The van der Waals surface area contributed by atoms with Gasteiger partial charge in [0, 0.05) is 26.2 Å². The number of esters is 1. The SMILES string of the molecule is CCOC(=O)C1CCN(C(=O)c2sc3ncn(CC(=O)N4CCCCC4)c(=O)c3c2C)CC1. The van der Waals surface area contributed by atoms with Gasteiger partial charge in [-0.05, 0) is 51.5 Å².